The predicted molar refractivity (Wildman–Crippen MR) is 82.9 cm³/mol. The lowest BCUT2D eigenvalue weighted by Gasteiger charge is -2.38. The topological polar surface area (TPSA) is 55.8 Å². The molecule has 1 aliphatic heterocycles. The van der Waals surface area contributed by atoms with Crippen molar-refractivity contribution < 1.29 is 19.1 Å². The number of ether oxygens (including phenoxy) is 2. The van der Waals surface area contributed by atoms with E-state index in [-0.39, 0.29) is 24.6 Å². The molecule has 0 radical (unpaired) electrons. The molecule has 2 atom stereocenters. The van der Waals surface area contributed by atoms with Crippen LogP contribution in [0.4, 0.5) is 0 Å². The fourth-order valence-electron chi connectivity index (χ4n) is 2.93. The van der Waals surface area contributed by atoms with Crippen LogP contribution >= 0.6 is 0 Å². The van der Waals surface area contributed by atoms with E-state index in [1.807, 2.05) is 18.7 Å². The third-order valence-corrected chi connectivity index (χ3v) is 4.13. The van der Waals surface area contributed by atoms with Gasteiger partial charge in [0.1, 0.15) is 5.75 Å². The second-order valence-electron chi connectivity index (χ2n) is 5.73. The first kappa shape index (κ1) is 16.3. The van der Waals surface area contributed by atoms with Crippen LogP contribution in [0, 0.1) is 0 Å². The molecule has 0 spiro atoms. The van der Waals surface area contributed by atoms with E-state index in [1.54, 1.807) is 31.4 Å². The molecule has 1 saturated heterocycles. The van der Waals surface area contributed by atoms with Crippen molar-refractivity contribution in [1.29, 1.82) is 0 Å². The lowest BCUT2D eigenvalue weighted by atomic mass is 9.97. The van der Waals surface area contributed by atoms with E-state index >= 15 is 0 Å². The molecule has 0 aliphatic carbocycles. The molecule has 0 aromatic heterocycles. The average Bonchev–Trinajstić information content (AvgIpc) is 2.52. The average molecular weight is 305 g/mol. The van der Waals surface area contributed by atoms with Crippen LogP contribution < -0.4 is 4.74 Å². The fraction of sp³-hybridized carbons (Fsp3) is 0.529. The Bertz CT molecular complexity index is 516. The van der Waals surface area contributed by atoms with Crippen LogP contribution in [0.1, 0.15) is 43.5 Å². The Balaban J connectivity index is 1.90. The number of likely N-dealkylation sites (tertiary alicyclic amines) is 1. The first-order valence-electron chi connectivity index (χ1n) is 7.65. The molecular weight excluding hydrogens is 282 g/mol. The number of benzene rings is 1. The Labute approximate surface area is 131 Å². The number of piperidine rings is 1. The molecule has 1 aromatic carbocycles. The number of methoxy groups -OCH3 is 1. The highest BCUT2D eigenvalue weighted by atomic mass is 16.5. The van der Waals surface area contributed by atoms with Gasteiger partial charge < -0.3 is 14.4 Å². The highest BCUT2D eigenvalue weighted by Crippen LogP contribution is 2.22. The normalized spacial score (nSPS) is 21.3. The number of amides is 1. The molecule has 0 saturated carbocycles. The van der Waals surface area contributed by atoms with Crippen LogP contribution in [-0.2, 0) is 9.53 Å². The minimum absolute atomic E-state index is 0.124. The summed E-state index contributed by atoms with van der Waals surface area (Å²) in [6.07, 6.45) is 3.14. The van der Waals surface area contributed by atoms with Gasteiger partial charge in [0.05, 0.1) is 12.7 Å². The highest BCUT2D eigenvalue weighted by Gasteiger charge is 2.29. The van der Waals surface area contributed by atoms with Crippen molar-refractivity contribution in [1.82, 2.24) is 4.90 Å². The molecule has 5 heteroatoms. The molecule has 5 nitrogen and oxygen atoms in total. The summed E-state index contributed by atoms with van der Waals surface area (Å²) in [6.45, 7) is 3.87. The maximum absolute atomic E-state index is 12.3. The summed E-state index contributed by atoms with van der Waals surface area (Å²) in [6, 6.07) is 7.03. The predicted octanol–water partition coefficient (Wildman–Crippen LogP) is 2.64. The van der Waals surface area contributed by atoms with E-state index < -0.39 is 5.97 Å². The van der Waals surface area contributed by atoms with Gasteiger partial charge in [0.2, 0.25) is 0 Å². The number of carbonyl (C=O) groups excluding carboxylic acids is 2. The van der Waals surface area contributed by atoms with Gasteiger partial charge in [0.15, 0.2) is 6.61 Å². The molecule has 0 unspecified atom stereocenters. The number of rotatable bonds is 4. The maximum Gasteiger partial charge on any atom is 0.338 e. The fourth-order valence-corrected chi connectivity index (χ4v) is 2.93. The summed E-state index contributed by atoms with van der Waals surface area (Å²) < 4.78 is 10.2. The third-order valence-electron chi connectivity index (χ3n) is 4.13. The molecule has 22 heavy (non-hydrogen) atoms. The molecule has 120 valence electrons. The van der Waals surface area contributed by atoms with Gasteiger partial charge in [-0.1, -0.05) is 0 Å². The molecule has 0 N–H and O–H groups in total. The molecule has 1 fully saturated rings. The van der Waals surface area contributed by atoms with Crippen LogP contribution in [0.25, 0.3) is 0 Å². The van der Waals surface area contributed by atoms with Crippen molar-refractivity contribution >= 4 is 11.9 Å². The monoisotopic (exact) mass is 305 g/mol. The number of hydrogen-bond acceptors (Lipinski definition) is 4. The number of hydrogen-bond donors (Lipinski definition) is 0. The van der Waals surface area contributed by atoms with Crippen LogP contribution in [0.2, 0.25) is 0 Å². The van der Waals surface area contributed by atoms with Gasteiger partial charge in [-0.3, -0.25) is 4.79 Å². The second-order valence-corrected chi connectivity index (χ2v) is 5.73. The zero-order valence-electron chi connectivity index (χ0n) is 13.4. The van der Waals surface area contributed by atoms with E-state index in [0.29, 0.717) is 11.3 Å². The van der Waals surface area contributed by atoms with Crippen LogP contribution in [0.15, 0.2) is 24.3 Å². The minimum atomic E-state index is -0.492. The standard InChI is InChI=1S/C17H23NO4/c1-12-5-4-6-13(2)18(12)16(19)11-22-17(20)14-7-9-15(21-3)10-8-14/h7-10,12-13H,4-6,11H2,1-3H3/t12-,13+. The molecular formula is C17H23NO4. The highest BCUT2D eigenvalue weighted by molar-refractivity contribution is 5.91. The Morgan fingerprint density at radius 1 is 1.14 bits per heavy atom. The largest absolute Gasteiger partial charge is 0.497 e. The number of esters is 1. The Kier molecular flexibility index (Phi) is 5.41. The van der Waals surface area contributed by atoms with Crippen LogP contribution in [0.3, 0.4) is 0 Å². The minimum Gasteiger partial charge on any atom is -0.497 e. The van der Waals surface area contributed by atoms with Gasteiger partial charge in [-0.15, -0.1) is 0 Å². The molecule has 0 bridgehead atoms. The van der Waals surface area contributed by atoms with E-state index in [2.05, 4.69) is 0 Å². The van der Waals surface area contributed by atoms with Crippen molar-refractivity contribution in [3.8, 4) is 5.75 Å². The van der Waals surface area contributed by atoms with Crippen molar-refractivity contribution in [2.75, 3.05) is 13.7 Å². The summed E-state index contributed by atoms with van der Waals surface area (Å²) >= 11 is 0. The van der Waals surface area contributed by atoms with Gasteiger partial charge >= 0.3 is 5.97 Å². The molecule has 1 heterocycles. The summed E-state index contributed by atoms with van der Waals surface area (Å²) in [5.74, 6) is 0.0541. The van der Waals surface area contributed by atoms with Crippen molar-refractivity contribution in [3.63, 3.8) is 0 Å². The Morgan fingerprint density at radius 3 is 2.27 bits per heavy atom. The van der Waals surface area contributed by atoms with Gasteiger partial charge in [-0.05, 0) is 57.4 Å². The zero-order chi connectivity index (χ0) is 16.1. The SMILES string of the molecule is COc1ccc(C(=O)OCC(=O)N2[C@H](C)CCC[C@@H]2C)cc1. The molecule has 1 amide bonds. The third kappa shape index (κ3) is 3.78. The first-order chi connectivity index (χ1) is 10.5. The maximum atomic E-state index is 12.3. The lowest BCUT2D eigenvalue weighted by molar-refractivity contribution is -0.140. The molecule has 1 aromatic rings. The van der Waals surface area contributed by atoms with Crippen molar-refractivity contribution in [2.45, 2.75) is 45.2 Å². The van der Waals surface area contributed by atoms with Crippen molar-refractivity contribution in [2.24, 2.45) is 0 Å². The number of nitrogens with zero attached hydrogens (tertiary/aromatic N) is 1. The summed E-state index contributed by atoms with van der Waals surface area (Å²) in [5, 5.41) is 0. The zero-order valence-corrected chi connectivity index (χ0v) is 13.4. The smallest absolute Gasteiger partial charge is 0.338 e. The molecule has 1 aliphatic rings. The Morgan fingerprint density at radius 2 is 1.73 bits per heavy atom. The summed E-state index contributed by atoms with van der Waals surface area (Å²) in [4.78, 5) is 26.1. The molecule has 2 rings (SSSR count). The lowest BCUT2D eigenvalue weighted by Crippen LogP contribution is -2.49. The van der Waals surface area contributed by atoms with E-state index in [4.69, 9.17) is 9.47 Å². The quantitative estimate of drug-likeness (QED) is 0.803. The Hall–Kier alpha value is -2.04. The number of carbonyl (C=O) groups is 2. The van der Waals surface area contributed by atoms with Crippen LogP contribution in [-0.4, -0.2) is 42.6 Å². The van der Waals surface area contributed by atoms with Gasteiger partial charge in [0, 0.05) is 12.1 Å². The van der Waals surface area contributed by atoms with Gasteiger partial charge in [-0.25, -0.2) is 4.79 Å². The van der Waals surface area contributed by atoms with Crippen molar-refractivity contribution in [3.05, 3.63) is 29.8 Å². The van der Waals surface area contributed by atoms with E-state index in [1.165, 1.54) is 0 Å². The first-order valence-corrected chi connectivity index (χ1v) is 7.65. The summed E-state index contributed by atoms with van der Waals surface area (Å²) in [5.41, 5.74) is 0.411. The van der Waals surface area contributed by atoms with E-state index in [9.17, 15) is 9.59 Å². The second kappa shape index (κ2) is 7.29. The van der Waals surface area contributed by atoms with E-state index in [0.717, 1.165) is 19.3 Å². The van der Waals surface area contributed by atoms with Gasteiger partial charge in [-0.2, -0.15) is 0 Å². The summed E-state index contributed by atoms with van der Waals surface area (Å²) in [7, 11) is 1.56. The van der Waals surface area contributed by atoms with Gasteiger partial charge in [0.25, 0.3) is 5.91 Å². The van der Waals surface area contributed by atoms with Crippen LogP contribution in [0.5, 0.6) is 5.75 Å².